The highest BCUT2D eigenvalue weighted by atomic mass is 16.3. The van der Waals surface area contributed by atoms with E-state index in [1.54, 1.807) is 0 Å². The first-order chi connectivity index (χ1) is 17.6. The molecule has 0 spiro atoms. The van der Waals surface area contributed by atoms with Gasteiger partial charge in [0.1, 0.15) is 11.3 Å². The van der Waals surface area contributed by atoms with Crippen LogP contribution in [0.1, 0.15) is 56.6 Å². The van der Waals surface area contributed by atoms with Crippen LogP contribution >= 0.6 is 0 Å². The summed E-state index contributed by atoms with van der Waals surface area (Å²) in [5, 5.41) is 4.64. The highest BCUT2D eigenvalue weighted by Gasteiger charge is 2.14. The monoisotopic (exact) mass is 475 g/mol. The van der Waals surface area contributed by atoms with Crippen molar-refractivity contribution in [3.05, 3.63) is 132 Å². The van der Waals surface area contributed by atoms with Gasteiger partial charge in [0.05, 0.1) is 0 Å². The number of nitrogens with one attached hydrogen (secondary N) is 1. The lowest BCUT2D eigenvalue weighted by Crippen LogP contribution is -1.96. The van der Waals surface area contributed by atoms with Crippen LogP contribution < -0.4 is 5.32 Å². The fourth-order valence-corrected chi connectivity index (χ4v) is 4.08. The summed E-state index contributed by atoms with van der Waals surface area (Å²) in [5.74, 6) is 0.960. The Balaban J connectivity index is 1.87. The molecule has 0 aliphatic rings. The van der Waals surface area contributed by atoms with Gasteiger partial charge in [0, 0.05) is 27.9 Å². The summed E-state index contributed by atoms with van der Waals surface area (Å²) in [6.07, 6.45) is 20.1. The van der Waals surface area contributed by atoms with Gasteiger partial charge in [-0.05, 0) is 73.8 Å². The summed E-state index contributed by atoms with van der Waals surface area (Å²) >= 11 is 0. The van der Waals surface area contributed by atoms with Crippen molar-refractivity contribution in [1.29, 1.82) is 0 Å². The fourth-order valence-electron chi connectivity index (χ4n) is 4.08. The van der Waals surface area contributed by atoms with Gasteiger partial charge >= 0.3 is 0 Å². The normalized spacial score (nSPS) is 13.2. The van der Waals surface area contributed by atoms with E-state index in [9.17, 15) is 0 Å². The molecule has 0 aliphatic carbocycles. The largest absolute Gasteiger partial charge is 0.456 e. The molecule has 1 aromatic heterocycles. The summed E-state index contributed by atoms with van der Waals surface area (Å²) in [4.78, 5) is 0. The number of anilines is 1. The first kappa shape index (κ1) is 26.6. The van der Waals surface area contributed by atoms with E-state index in [-0.39, 0.29) is 0 Å². The summed E-state index contributed by atoms with van der Waals surface area (Å²) in [6, 6.07) is 14.7. The molecule has 0 unspecified atom stereocenters. The SMILES string of the molecule is C=C/C(=C\C=C(/C)c1cccc2c(CC)c(/C=C\CC)oc12)Nc1ccc(/C(C=C)=C/C=C\C)cc1. The van der Waals surface area contributed by atoms with Crippen molar-refractivity contribution in [2.75, 3.05) is 5.32 Å². The number of allylic oxidation sites excluding steroid dienone is 10. The third kappa shape index (κ3) is 6.34. The number of hydrogen-bond acceptors (Lipinski definition) is 2. The quantitative estimate of drug-likeness (QED) is 0.279. The van der Waals surface area contributed by atoms with Gasteiger partial charge in [0.15, 0.2) is 0 Å². The zero-order chi connectivity index (χ0) is 25.9. The van der Waals surface area contributed by atoms with Gasteiger partial charge in [0.25, 0.3) is 0 Å². The minimum absolute atomic E-state index is 0.919. The Morgan fingerprint density at radius 3 is 2.39 bits per heavy atom. The number of benzene rings is 2. The van der Waals surface area contributed by atoms with Crippen LogP contribution in [-0.4, -0.2) is 0 Å². The minimum atomic E-state index is 0.919. The number of rotatable bonds is 11. The van der Waals surface area contributed by atoms with Crippen LogP contribution in [0, 0.1) is 0 Å². The van der Waals surface area contributed by atoms with Gasteiger partial charge in [-0.3, -0.25) is 0 Å². The van der Waals surface area contributed by atoms with Crippen molar-refractivity contribution in [3.63, 3.8) is 0 Å². The third-order valence-electron chi connectivity index (χ3n) is 6.06. The molecule has 2 aromatic carbocycles. The van der Waals surface area contributed by atoms with E-state index in [2.05, 4.69) is 112 Å². The second-order valence-electron chi connectivity index (χ2n) is 8.52. The summed E-state index contributed by atoms with van der Waals surface area (Å²) in [6.45, 7) is 16.3. The Kier molecular flexibility index (Phi) is 9.71. The summed E-state index contributed by atoms with van der Waals surface area (Å²) < 4.78 is 6.34. The molecule has 0 bridgehead atoms. The number of hydrogen-bond donors (Lipinski definition) is 1. The Morgan fingerprint density at radius 1 is 0.972 bits per heavy atom. The highest BCUT2D eigenvalue weighted by Crippen LogP contribution is 2.33. The Hall–Kier alpha value is -4.04. The summed E-state index contributed by atoms with van der Waals surface area (Å²) in [7, 11) is 0. The van der Waals surface area contributed by atoms with Gasteiger partial charge in [-0.15, -0.1) is 0 Å². The van der Waals surface area contributed by atoms with Crippen LogP contribution in [0.25, 0.3) is 28.2 Å². The number of para-hydroxylation sites is 1. The topological polar surface area (TPSA) is 25.2 Å². The van der Waals surface area contributed by atoms with Gasteiger partial charge in [0.2, 0.25) is 0 Å². The van der Waals surface area contributed by atoms with Crippen LogP contribution in [0.3, 0.4) is 0 Å². The molecule has 0 fully saturated rings. The lowest BCUT2D eigenvalue weighted by Gasteiger charge is -2.09. The molecule has 184 valence electrons. The molecule has 0 saturated carbocycles. The summed E-state index contributed by atoms with van der Waals surface area (Å²) in [5.41, 5.74) is 8.57. The van der Waals surface area contributed by atoms with E-state index in [1.807, 2.05) is 31.2 Å². The molecule has 0 amide bonds. The third-order valence-corrected chi connectivity index (χ3v) is 6.06. The van der Waals surface area contributed by atoms with Crippen molar-refractivity contribution in [3.8, 4) is 0 Å². The second-order valence-corrected chi connectivity index (χ2v) is 8.52. The molecular formula is C34H37NO. The second kappa shape index (κ2) is 13.2. The van der Waals surface area contributed by atoms with Crippen LogP contribution in [0.4, 0.5) is 5.69 Å². The molecule has 0 atom stereocenters. The van der Waals surface area contributed by atoms with Gasteiger partial charge < -0.3 is 9.73 Å². The zero-order valence-electron chi connectivity index (χ0n) is 22.0. The average Bonchev–Trinajstić information content (AvgIpc) is 3.28. The molecule has 36 heavy (non-hydrogen) atoms. The molecular weight excluding hydrogens is 438 g/mol. The van der Waals surface area contributed by atoms with E-state index >= 15 is 0 Å². The molecule has 0 saturated heterocycles. The molecule has 3 rings (SSSR count). The molecule has 0 aliphatic heterocycles. The molecule has 2 heteroatoms. The van der Waals surface area contributed by atoms with Crippen molar-refractivity contribution < 1.29 is 4.42 Å². The van der Waals surface area contributed by atoms with Crippen molar-refractivity contribution in [2.45, 2.75) is 40.5 Å². The van der Waals surface area contributed by atoms with Crippen LogP contribution in [0.5, 0.6) is 0 Å². The maximum Gasteiger partial charge on any atom is 0.142 e. The number of furan rings is 1. The predicted molar refractivity (Wildman–Crippen MR) is 160 cm³/mol. The highest BCUT2D eigenvalue weighted by molar-refractivity contribution is 5.93. The first-order valence-electron chi connectivity index (χ1n) is 12.6. The minimum Gasteiger partial charge on any atom is -0.456 e. The van der Waals surface area contributed by atoms with E-state index in [1.165, 1.54) is 10.9 Å². The van der Waals surface area contributed by atoms with Crippen molar-refractivity contribution >= 4 is 33.9 Å². The fraction of sp³-hybridized carbons (Fsp3) is 0.176. The number of aryl methyl sites for hydroxylation is 1. The zero-order valence-corrected chi connectivity index (χ0v) is 22.0. The Morgan fingerprint density at radius 2 is 1.75 bits per heavy atom. The first-order valence-corrected chi connectivity index (χ1v) is 12.6. The average molecular weight is 476 g/mol. The van der Waals surface area contributed by atoms with Crippen molar-refractivity contribution in [2.24, 2.45) is 0 Å². The van der Waals surface area contributed by atoms with Gasteiger partial charge in [-0.1, -0.05) is 93.8 Å². The van der Waals surface area contributed by atoms with Gasteiger partial charge in [-0.2, -0.15) is 0 Å². The molecule has 1 heterocycles. The van der Waals surface area contributed by atoms with E-state index < -0.39 is 0 Å². The molecule has 3 aromatic rings. The number of fused-ring (bicyclic) bond motifs is 1. The molecule has 1 N–H and O–H groups in total. The maximum absolute atomic E-state index is 6.34. The standard InChI is InChI=1S/C34H37NO/c1-7-12-15-26(9-3)27-20-23-29(24-21-27)35-28(10-4)22-19-25(6)31-16-14-17-32-30(11-5)33(18-13-8-2)36-34(31)32/h7,9-10,12-24,35H,3-4,8,11H2,1-2,5-6H3/b12-7-,18-13-,25-19+,26-15+,28-22+. The lowest BCUT2D eigenvalue weighted by atomic mass is 10.0. The van der Waals surface area contributed by atoms with Gasteiger partial charge in [-0.25, -0.2) is 0 Å². The van der Waals surface area contributed by atoms with E-state index in [0.29, 0.717) is 0 Å². The molecule has 2 nitrogen and oxygen atoms in total. The maximum atomic E-state index is 6.34. The smallest absolute Gasteiger partial charge is 0.142 e. The Bertz CT molecular complexity index is 1350. The predicted octanol–water partition coefficient (Wildman–Crippen LogP) is 10.1. The van der Waals surface area contributed by atoms with Crippen molar-refractivity contribution in [1.82, 2.24) is 0 Å². The van der Waals surface area contributed by atoms with Crippen LogP contribution in [0.2, 0.25) is 0 Å². The van der Waals surface area contributed by atoms with Crippen LogP contribution in [-0.2, 0) is 6.42 Å². The molecule has 0 radical (unpaired) electrons. The van der Waals surface area contributed by atoms with E-state index in [4.69, 9.17) is 4.42 Å². The Labute approximate surface area is 216 Å². The lowest BCUT2D eigenvalue weighted by molar-refractivity contribution is 0.598. The van der Waals surface area contributed by atoms with E-state index in [0.717, 1.165) is 57.8 Å². The van der Waals surface area contributed by atoms with Crippen LogP contribution in [0.15, 0.2) is 114 Å².